The predicted molar refractivity (Wildman–Crippen MR) is 108 cm³/mol. The number of methoxy groups -OCH3 is 1. The first-order valence-corrected chi connectivity index (χ1v) is 8.43. The summed E-state index contributed by atoms with van der Waals surface area (Å²) >= 11 is 1.57. The third-order valence-electron chi connectivity index (χ3n) is 3.77. The summed E-state index contributed by atoms with van der Waals surface area (Å²) in [6.07, 6.45) is 2.01. The molecule has 0 atom stereocenters. The average Bonchev–Trinajstić information content (AvgIpc) is 3.17. The van der Waals surface area contributed by atoms with Gasteiger partial charge in [-0.05, 0) is 31.2 Å². The van der Waals surface area contributed by atoms with Crippen LogP contribution in [-0.2, 0) is 0 Å². The Balaban J connectivity index is 0.00000182. The molecule has 5 nitrogen and oxygen atoms in total. The number of thiazole rings is 1. The Morgan fingerprint density at radius 3 is 2.84 bits per heavy atom. The van der Waals surface area contributed by atoms with Crippen LogP contribution in [0.25, 0.3) is 17.0 Å². The van der Waals surface area contributed by atoms with Crippen LogP contribution < -0.4 is 10.1 Å². The zero-order chi connectivity index (χ0) is 16.5. The first kappa shape index (κ1) is 17.4. The molecular formula is C18H17BrN4OS. The van der Waals surface area contributed by atoms with Gasteiger partial charge in [-0.3, -0.25) is 4.40 Å². The lowest BCUT2D eigenvalue weighted by Crippen LogP contribution is -1.92. The highest BCUT2D eigenvalue weighted by Gasteiger charge is 2.14. The third kappa shape index (κ3) is 3.38. The highest BCUT2D eigenvalue weighted by atomic mass is 79.9. The fourth-order valence-electron chi connectivity index (χ4n) is 2.69. The quantitative estimate of drug-likeness (QED) is 0.502. The Morgan fingerprint density at radius 1 is 1.12 bits per heavy atom. The number of imidazole rings is 1. The molecule has 0 spiro atoms. The molecule has 0 aliphatic heterocycles. The number of ether oxygens (including phenoxy) is 1. The normalized spacial score (nSPS) is 10.5. The SMILES string of the molecule is Br.COc1cccc(Nc2nc(-c3c(C)nc4ccccn34)cs2)c1. The summed E-state index contributed by atoms with van der Waals surface area (Å²) in [5.41, 5.74) is 4.80. The number of nitrogens with zero attached hydrogens (tertiary/aromatic N) is 3. The molecule has 0 saturated heterocycles. The number of anilines is 2. The first-order chi connectivity index (χ1) is 11.7. The van der Waals surface area contributed by atoms with Crippen LogP contribution in [0.3, 0.4) is 0 Å². The van der Waals surface area contributed by atoms with Gasteiger partial charge in [-0.15, -0.1) is 28.3 Å². The van der Waals surface area contributed by atoms with E-state index in [4.69, 9.17) is 9.72 Å². The molecule has 7 heteroatoms. The molecule has 0 fully saturated rings. The Hall–Kier alpha value is -2.38. The highest BCUT2D eigenvalue weighted by molar-refractivity contribution is 8.93. The highest BCUT2D eigenvalue weighted by Crippen LogP contribution is 2.30. The average molecular weight is 417 g/mol. The van der Waals surface area contributed by atoms with E-state index >= 15 is 0 Å². The zero-order valence-electron chi connectivity index (χ0n) is 13.8. The van der Waals surface area contributed by atoms with Gasteiger partial charge >= 0.3 is 0 Å². The van der Waals surface area contributed by atoms with Crippen molar-refractivity contribution in [3.05, 3.63) is 59.7 Å². The number of hydrogen-bond acceptors (Lipinski definition) is 5. The minimum atomic E-state index is 0. The number of pyridine rings is 1. The second kappa shape index (κ2) is 7.25. The minimum absolute atomic E-state index is 0. The number of fused-ring (bicyclic) bond motifs is 1. The van der Waals surface area contributed by atoms with E-state index in [1.807, 2.05) is 61.0 Å². The second-order valence-electron chi connectivity index (χ2n) is 5.37. The van der Waals surface area contributed by atoms with E-state index in [0.717, 1.165) is 39.3 Å². The summed E-state index contributed by atoms with van der Waals surface area (Å²) in [6, 6.07) is 13.8. The van der Waals surface area contributed by atoms with Crippen LogP contribution in [0.15, 0.2) is 54.0 Å². The standard InChI is InChI=1S/C18H16N4OS.BrH/c1-12-17(22-9-4-3-8-16(22)19-12)15-11-24-18(21-15)20-13-6-5-7-14(10-13)23-2;/h3-11H,1-2H3,(H,20,21);1H. The molecule has 0 aliphatic carbocycles. The van der Waals surface area contributed by atoms with Crippen LogP contribution in [0.5, 0.6) is 5.75 Å². The molecule has 25 heavy (non-hydrogen) atoms. The minimum Gasteiger partial charge on any atom is -0.497 e. The van der Waals surface area contributed by atoms with Gasteiger partial charge in [-0.2, -0.15) is 0 Å². The van der Waals surface area contributed by atoms with Crippen LogP contribution in [0.1, 0.15) is 5.69 Å². The fourth-order valence-corrected chi connectivity index (χ4v) is 3.40. The Morgan fingerprint density at radius 2 is 2.00 bits per heavy atom. The maximum absolute atomic E-state index is 5.25. The van der Waals surface area contributed by atoms with Crippen molar-refractivity contribution < 1.29 is 4.74 Å². The monoisotopic (exact) mass is 416 g/mol. The maximum atomic E-state index is 5.25. The van der Waals surface area contributed by atoms with E-state index < -0.39 is 0 Å². The number of hydrogen-bond donors (Lipinski definition) is 1. The summed E-state index contributed by atoms with van der Waals surface area (Å²) in [6.45, 7) is 2.01. The lowest BCUT2D eigenvalue weighted by Gasteiger charge is -2.05. The lowest BCUT2D eigenvalue weighted by atomic mass is 10.3. The molecule has 128 valence electrons. The Labute approximate surface area is 160 Å². The molecule has 3 heterocycles. The molecule has 3 aromatic heterocycles. The van der Waals surface area contributed by atoms with Gasteiger partial charge in [0.15, 0.2) is 5.13 Å². The molecule has 0 aliphatic rings. The topological polar surface area (TPSA) is 51.5 Å². The molecular weight excluding hydrogens is 400 g/mol. The van der Waals surface area contributed by atoms with Crippen molar-refractivity contribution in [3.8, 4) is 17.1 Å². The van der Waals surface area contributed by atoms with Gasteiger partial charge in [0.1, 0.15) is 17.1 Å². The molecule has 1 N–H and O–H groups in total. The van der Waals surface area contributed by atoms with Crippen molar-refractivity contribution in [1.82, 2.24) is 14.4 Å². The Kier molecular flexibility index (Phi) is 5.06. The molecule has 1 aromatic carbocycles. The number of rotatable bonds is 4. The summed E-state index contributed by atoms with van der Waals surface area (Å²) in [5.74, 6) is 0.814. The van der Waals surface area contributed by atoms with Crippen molar-refractivity contribution in [3.63, 3.8) is 0 Å². The van der Waals surface area contributed by atoms with Crippen LogP contribution in [-0.4, -0.2) is 21.5 Å². The molecule has 0 radical (unpaired) electrons. The smallest absolute Gasteiger partial charge is 0.187 e. The summed E-state index contributed by atoms with van der Waals surface area (Å²) < 4.78 is 7.32. The van der Waals surface area contributed by atoms with Gasteiger partial charge in [0.2, 0.25) is 0 Å². The van der Waals surface area contributed by atoms with Crippen LogP contribution >= 0.6 is 28.3 Å². The van der Waals surface area contributed by atoms with E-state index in [-0.39, 0.29) is 17.0 Å². The van der Waals surface area contributed by atoms with Gasteiger partial charge in [0.05, 0.1) is 18.5 Å². The van der Waals surface area contributed by atoms with Crippen molar-refractivity contribution >= 4 is 44.8 Å². The second-order valence-corrected chi connectivity index (χ2v) is 6.23. The largest absolute Gasteiger partial charge is 0.497 e. The molecule has 0 unspecified atom stereocenters. The van der Waals surface area contributed by atoms with E-state index in [2.05, 4.69) is 14.7 Å². The molecule has 0 amide bonds. The van der Waals surface area contributed by atoms with Gasteiger partial charge in [0.25, 0.3) is 0 Å². The summed E-state index contributed by atoms with van der Waals surface area (Å²) in [7, 11) is 1.66. The molecule has 0 bridgehead atoms. The van der Waals surface area contributed by atoms with E-state index in [1.165, 1.54) is 0 Å². The number of halogens is 1. The zero-order valence-corrected chi connectivity index (χ0v) is 16.3. The lowest BCUT2D eigenvalue weighted by molar-refractivity contribution is 0.415. The first-order valence-electron chi connectivity index (χ1n) is 7.55. The van der Waals surface area contributed by atoms with Crippen LogP contribution in [0, 0.1) is 6.92 Å². The van der Waals surface area contributed by atoms with Gasteiger partial charge < -0.3 is 10.1 Å². The van der Waals surface area contributed by atoms with Crippen LogP contribution in [0.4, 0.5) is 10.8 Å². The van der Waals surface area contributed by atoms with E-state index in [9.17, 15) is 0 Å². The third-order valence-corrected chi connectivity index (χ3v) is 4.53. The number of benzene rings is 1. The van der Waals surface area contributed by atoms with Crippen molar-refractivity contribution in [2.24, 2.45) is 0 Å². The predicted octanol–water partition coefficient (Wildman–Crippen LogP) is 5.10. The summed E-state index contributed by atoms with van der Waals surface area (Å²) in [5, 5.41) is 6.21. The Bertz CT molecular complexity index is 1010. The summed E-state index contributed by atoms with van der Waals surface area (Å²) in [4.78, 5) is 9.32. The fraction of sp³-hybridized carbons (Fsp3) is 0.111. The number of aryl methyl sites for hydroxylation is 1. The van der Waals surface area contributed by atoms with Gasteiger partial charge in [-0.25, -0.2) is 9.97 Å². The van der Waals surface area contributed by atoms with Crippen molar-refractivity contribution in [1.29, 1.82) is 0 Å². The van der Waals surface area contributed by atoms with E-state index in [1.54, 1.807) is 18.4 Å². The molecule has 4 aromatic rings. The van der Waals surface area contributed by atoms with Crippen molar-refractivity contribution in [2.45, 2.75) is 6.92 Å². The maximum Gasteiger partial charge on any atom is 0.187 e. The molecule has 4 rings (SSSR count). The van der Waals surface area contributed by atoms with E-state index in [0.29, 0.717) is 0 Å². The van der Waals surface area contributed by atoms with Crippen molar-refractivity contribution in [2.75, 3.05) is 12.4 Å². The van der Waals surface area contributed by atoms with Crippen LogP contribution in [0.2, 0.25) is 0 Å². The molecule has 0 saturated carbocycles. The van der Waals surface area contributed by atoms with Gasteiger partial charge in [-0.1, -0.05) is 12.1 Å². The number of aromatic nitrogens is 3. The number of nitrogens with one attached hydrogen (secondary N) is 1. The van der Waals surface area contributed by atoms with Gasteiger partial charge in [0, 0.05) is 23.3 Å².